The molecule has 0 aliphatic heterocycles. The van der Waals surface area contributed by atoms with Crippen LogP contribution in [-0.4, -0.2) is 71.1 Å². The molecule has 0 spiro atoms. The van der Waals surface area contributed by atoms with Crippen molar-refractivity contribution in [1.29, 1.82) is 0 Å². The summed E-state index contributed by atoms with van der Waals surface area (Å²) in [6.07, 6.45) is 0.987. The lowest BCUT2D eigenvalue weighted by atomic mass is 9.99. The van der Waals surface area contributed by atoms with Crippen molar-refractivity contribution in [2.75, 3.05) is 51.1 Å². The first kappa shape index (κ1) is 33.6. The van der Waals surface area contributed by atoms with Gasteiger partial charge >= 0.3 is 13.5 Å². The Morgan fingerprint density at radius 1 is 0.838 bits per heavy atom. The van der Waals surface area contributed by atoms with Gasteiger partial charge in [-0.15, -0.1) is 4.73 Å². The summed E-state index contributed by atoms with van der Waals surface area (Å²) in [5, 5.41) is 0.0956. The maximum absolute atomic E-state index is 13.1. The van der Waals surface area contributed by atoms with E-state index in [1.807, 2.05) is 46.5 Å². The zero-order valence-electron chi connectivity index (χ0n) is 22.1. The van der Waals surface area contributed by atoms with Gasteiger partial charge in [-0.25, -0.2) is 9.36 Å². The van der Waals surface area contributed by atoms with E-state index >= 15 is 0 Å². The van der Waals surface area contributed by atoms with Gasteiger partial charge in [0.25, 0.3) is 5.56 Å². The van der Waals surface area contributed by atoms with E-state index in [0.29, 0.717) is 16.2 Å². The Morgan fingerprint density at radius 2 is 1.30 bits per heavy atom. The third-order valence-electron chi connectivity index (χ3n) is 4.08. The van der Waals surface area contributed by atoms with Crippen molar-refractivity contribution in [3.8, 4) is 0 Å². The van der Waals surface area contributed by atoms with Crippen LogP contribution < -0.4 is 15.9 Å². The van der Waals surface area contributed by atoms with Gasteiger partial charge in [0.05, 0.1) is 45.8 Å². The van der Waals surface area contributed by atoms with Gasteiger partial charge in [-0.1, -0.05) is 65.1 Å². The lowest BCUT2D eigenvalue weighted by Crippen LogP contribution is -2.32. The summed E-state index contributed by atoms with van der Waals surface area (Å²) in [7, 11) is -4.31. The number of thioether (sulfide) groups is 2. The Balaban J connectivity index is 2.51. The lowest BCUT2D eigenvalue weighted by Gasteiger charge is -2.19. The molecule has 15 heteroatoms. The average molecular weight is 585 g/mol. The van der Waals surface area contributed by atoms with Gasteiger partial charge in [0.2, 0.25) is 0 Å². The Labute approximate surface area is 225 Å². The van der Waals surface area contributed by atoms with Crippen LogP contribution in [0, 0.1) is 10.8 Å². The molecule has 0 aliphatic rings. The monoisotopic (exact) mass is 584 g/mol. The van der Waals surface area contributed by atoms with Crippen LogP contribution in [0.3, 0.4) is 0 Å². The van der Waals surface area contributed by atoms with E-state index in [4.69, 9.17) is 23.1 Å². The highest BCUT2D eigenvalue weighted by Gasteiger charge is 2.30. The fraction of sp³-hybridized carbons (Fsp3) is 0.727. The molecule has 0 saturated carbocycles. The van der Waals surface area contributed by atoms with Gasteiger partial charge in [0.15, 0.2) is 10.2 Å². The Bertz CT molecular complexity index is 986. The Hall–Kier alpha value is -1.41. The van der Waals surface area contributed by atoms with E-state index in [1.54, 1.807) is 0 Å². The van der Waals surface area contributed by atoms with Crippen LogP contribution in [0.4, 0.5) is 0 Å². The molecule has 212 valence electrons. The van der Waals surface area contributed by atoms with E-state index in [9.17, 15) is 23.7 Å². The van der Waals surface area contributed by atoms with E-state index in [1.165, 1.54) is 0 Å². The van der Waals surface area contributed by atoms with Crippen LogP contribution in [0.2, 0.25) is 0 Å². The molecular formula is C22H37N2O10PS2. The summed E-state index contributed by atoms with van der Waals surface area (Å²) in [6, 6.07) is 1.01. The van der Waals surface area contributed by atoms with E-state index in [2.05, 4.69) is 0 Å². The van der Waals surface area contributed by atoms with E-state index in [-0.39, 0.29) is 49.9 Å². The molecule has 1 aromatic rings. The molecule has 0 unspecified atom stereocenters. The largest absolute Gasteiger partial charge is 0.549 e. The minimum Gasteiger partial charge on any atom is -0.378 e. The summed E-state index contributed by atoms with van der Waals surface area (Å²) in [5.41, 5.74) is -2.51. The van der Waals surface area contributed by atoms with Crippen molar-refractivity contribution in [2.24, 2.45) is 10.8 Å². The molecule has 37 heavy (non-hydrogen) atoms. The van der Waals surface area contributed by atoms with Crippen molar-refractivity contribution < 1.29 is 37.3 Å². The molecule has 1 rings (SSSR count). The van der Waals surface area contributed by atoms with Gasteiger partial charge in [-0.2, -0.15) is 0 Å². The molecule has 0 atom stereocenters. The molecule has 0 aliphatic carbocycles. The van der Waals surface area contributed by atoms with Crippen molar-refractivity contribution in [1.82, 2.24) is 9.71 Å². The van der Waals surface area contributed by atoms with Gasteiger partial charge in [0.1, 0.15) is 0 Å². The molecule has 0 fully saturated rings. The van der Waals surface area contributed by atoms with Gasteiger partial charge in [-0.3, -0.25) is 28.4 Å². The smallest absolute Gasteiger partial charge is 0.378 e. The van der Waals surface area contributed by atoms with Crippen LogP contribution in [-0.2, 0) is 32.7 Å². The number of nitrogens with zero attached hydrogens (tertiary/aromatic N) is 1. The molecule has 1 heterocycles. The number of carbonyl (C=O) groups is 2. The van der Waals surface area contributed by atoms with Crippen LogP contribution in [0.1, 0.15) is 41.5 Å². The van der Waals surface area contributed by atoms with Gasteiger partial charge in [0, 0.05) is 28.4 Å². The van der Waals surface area contributed by atoms with Crippen LogP contribution in [0.15, 0.2) is 21.9 Å². The molecule has 0 saturated heterocycles. The maximum atomic E-state index is 13.1. The number of phosphoric acid groups is 1. The summed E-state index contributed by atoms with van der Waals surface area (Å²) < 4.78 is 40.0. The van der Waals surface area contributed by atoms with Crippen LogP contribution in [0.25, 0.3) is 0 Å². The molecule has 1 aromatic heterocycles. The van der Waals surface area contributed by atoms with Gasteiger partial charge in [-0.05, 0) is 0 Å². The number of H-pyrrole nitrogens is 1. The molecule has 0 amide bonds. The standard InChI is InChI=1S/C22H37N2O10PS2/c1-21(2,3)18(26)36-15-13-30-9-11-32-35(29,34-24-8-7-17(25)23-20(24)28)33-12-10-31-14-16-37-19(27)22(4,5)6/h7-8H,9-16H2,1-6H3,(H,23,25,28). The molecule has 1 N–H and O–H groups in total. The highest BCUT2D eigenvalue weighted by molar-refractivity contribution is 8.14. The molecule has 0 aromatic carbocycles. The SMILES string of the molecule is CC(C)(C)C(=O)SCCOCCOP(=O)(OCCOCCSC(=O)C(C)(C)C)On1ccc(=O)[nH]c1=O. The minimum atomic E-state index is -4.31. The molecule has 0 radical (unpaired) electrons. The summed E-state index contributed by atoms with van der Waals surface area (Å²) >= 11 is 2.33. The number of rotatable bonds is 16. The highest BCUT2D eigenvalue weighted by Crippen LogP contribution is 2.45. The van der Waals surface area contributed by atoms with Gasteiger partial charge < -0.3 is 14.1 Å². The third kappa shape index (κ3) is 14.4. The first-order chi connectivity index (χ1) is 17.1. The third-order valence-corrected chi connectivity index (χ3v) is 7.94. The second kappa shape index (κ2) is 15.9. The first-order valence-corrected chi connectivity index (χ1v) is 15.0. The van der Waals surface area contributed by atoms with Crippen molar-refractivity contribution in [3.05, 3.63) is 33.1 Å². The van der Waals surface area contributed by atoms with E-state index < -0.39 is 29.9 Å². The van der Waals surface area contributed by atoms with Crippen molar-refractivity contribution >= 4 is 41.6 Å². The number of aromatic nitrogens is 2. The number of aromatic amines is 1. The Morgan fingerprint density at radius 3 is 1.70 bits per heavy atom. The van der Waals surface area contributed by atoms with E-state index in [0.717, 1.165) is 35.8 Å². The summed E-state index contributed by atoms with van der Waals surface area (Å²) in [6.45, 7) is 11.2. The number of nitrogens with one attached hydrogen (secondary N) is 1. The van der Waals surface area contributed by atoms with Crippen molar-refractivity contribution in [2.45, 2.75) is 41.5 Å². The van der Waals surface area contributed by atoms with Crippen LogP contribution in [0.5, 0.6) is 0 Å². The average Bonchev–Trinajstić information content (AvgIpc) is 2.78. The predicted octanol–water partition coefficient (Wildman–Crippen LogP) is 2.75. The number of phosphoric ester groups is 1. The summed E-state index contributed by atoms with van der Waals surface area (Å²) in [4.78, 5) is 48.9. The highest BCUT2D eigenvalue weighted by atomic mass is 32.2. The zero-order chi connectivity index (χ0) is 28.1. The second-order valence-corrected chi connectivity index (χ2v) is 13.3. The normalized spacial score (nSPS) is 12.5. The number of ether oxygens (including phenoxy) is 2. The minimum absolute atomic E-state index is 0.0248. The molecule has 0 bridgehead atoms. The predicted molar refractivity (Wildman–Crippen MR) is 143 cm³/mol. The molecule has 12 nitrogen and oxygen atoms in total. The fourth-order valence-electron chi connectivity index (χ4n) is 2.10. The van der Waals surface area contributed by atoms with Crippen LogP contribution >= 0.6 is 31.3 Å². The topological polar surface area (TPSA) is 152 Å². The number of carbonyl (C=O) groups excluding carboxylic acids is 2. The zero-order valence-corrected chi connectivity index (χ0v) is 24.6. The maximum Gasteiger partial charge on any atom is 0.549 e. The first-order valence-electron chi connectivity index (χ1n) is 11.6. The number of hydrogen-bond donors (Lipinski definition) is 1. The Kier molecular flexibility index (Phi) is 14.4. The number of hydrogen-bond acceptors (Lipinski definition) is 12. The quantitative estimate of drug-likeness (QED) is 0.225. The van der Waals surface area contributed by atoms with Crippen molar-refractivity contribution in [3.63, 3.8) is 0 Å². The molecular weight excluding hydrogens is 547 g/mol. The summed E-state index contributed by atoms with van der Waals surface area (Å²) in [5.74, 6) is 0.898. The lowest BCUT2D eigenvalue weighted by molar-refractivity contribution is -0.118. The second-order valence-electron chi connectivity index (χ2n) is 9.63. The fourth-order valence-corrected chi connectivity index (χ4v) is 4.85.